The highest BCUT2D eigenvalue weighted by Gasteiger charge is 2.18. The molecule has 0 amide bonds. The summed E-state index contributed by atoms with van der Waals surface area (Å²) in [6.07, 6.45) is 1.28. The zero-order chi connectivity index (χ0) is 32.8. The van der Waals surface area contributed by atoms with Gasteiger partial charge in [-0.25, -0.2) is 0 Å². The summed E-state index contributed by atoms with van der Waals surface area (Å²) in [7, 11) is 0. The van der Waals surface area contributed by atoms with Crippen molar-refractivity contribution < 1.29 is 14.0 Å². The number of hydrogen-bond donors (Lipinski definition) is 0. The maximum Gasteiger partial charge on any atom is 0.144 e. The Kier molecular flexibility index (Phi) is 3.77. The van der Waals surface area contributed by atoms with E-state index >= 15 is 0 Å². The van der Waals surface area contributed by atoms with Crippen molar-refractivity contribution in [2.24, 2.45) is 0 Å². The zero-order valence-corrected chi connectivity index (χ0v) is 22.0. The lowest BCUT2D eigenvalue weighted by Gasteiger charge is -2.21. The second kappa shape index (κ2) is 8.54. The van der Waals surface area contributed by atoms with Gasteiger partial charge in [0.2, 0.25) is 0 Å². The lowest BCUT2D eigenvalue weighted by molar-refractivity contribution is 0.590. The number of nitrogens with zero attached hydrogens (tertiary/aromatic N) is 1. The molecule has 2 nitrogen and oxygen atoms in total. The fourth-order valence-corrected chi connectivity index (χ4v) is 5.51. The summed E-state index contributed by atoms with van der Waals surface area (Å²) < 4.78 is 65.6. The Bertz CT molecular complexity index is 2340. The largest absolute Gasteiger partial charge is 0.455 e. The molecule has 0 spiro atoms. The molecular weight excluding hydrogens is 474 g/mol. The van der Waals surface area contributed by atoms with Crippen LogP contribution >= 0.6 is 0 Å². The van der Waals surface area contributed by atoms with Crippen molar-refractivity contribution in [1.82, 2.24) is 4.98 Å². The van der Waals surface area contributed by atoms with Crippen molar-refractivity contribution in [2.75, 3.05) is 0 Å². The van der Waals surface area contributed by atoms with Gasteiger partial charge in [-0.1, -0.05) is 87.5 Å². The van der Waals surface area contributed by atoms with E-state index in [2.05, 4.69) is 41.4 Å². The van der Waals surface area contributed by atoms with Crippen molar-refractivity contribution in [1.29, 1.82) is 0 Å². The molecule has 2 heterocycles. The quantitative estimate of drug-likeness (QED) is 0.215. The van der Waals surface area contributed by atoms with Gasteiger partial charge in [-0.05, 0) is 87.4 Å². The highest BCUT2D eigenvalue weighted by Crippen LogP contribution is 2.41. The van der Waals surface area contributed by atoms with Gasteiger partial charge in [-0.15, -0.1) is 0 Å². The van der Waals surface area contributed by atoms with E-state index < -0.39 is 19.1 Å². The lowest BCUT2D eigenvalue weighted by Crippen LogP contribution is -2.11. The molecule has 0 saturated carbocycles. The smallest absolute Gasteiger partial charge is 0.144 e. The first-order valence-corrected chi connectivity index (χ1v) is 13.1. The van der Waals surface area contributed by atoms with Crippen LogP contribution in [-0.4, -0.2) is 4.98 Å². The summed E-state index contributed by atoms with van der Waals surface area (Å²) in [5.41, 5.74) is 2.67. The first-order valence-electron chi connectivity index (χ1n) is 16.6. The van der Waals surface area contributed by atoms with Crippen molar-refractivity contribution in [3.05, 3.63) is 114 Å². The van der Waals surface area contributed by atoms with Crippen LogP contribution in [0.3, 0.4) is 0 Å². The van der Waals surface area contributed by atoms with E-state index in [1.807, 2.05) is 51.1 Å². The fourth-order valence-electron chi connectivity index (χ4n) is 5.51. The Morgan fingerprint density at radius 1 is 0.667 bits per heavy atom. The minimum absolute atomic E-state index is 0.0538. The van der Waals surface area contributed by atoms with Crippen molar-refractivity contribution in [2.45, 2.75) is 39.9 Å². The first-order chi connectivity index (χ1) is 21.6. The van der Waals surface area contributed by atoms with Crippen LogP contribution in [0.5, 0.6) is 0 Å². The minimum atomic E-state index is -2.60. The van der Waals surface area contributed by atoms with Crippen LogP contribution in [0.15, 0.2) is 102 Å². The molecule has 0 aliphatic rings. The number of furan rings is 1. The van der Waals surface area contributed by atoms with Gasteiger partial charge >= 0.3 is 0 Å². The van der Waals surface area contributed by atoms with E-state index in [-0.39, 0.29) is 28.3 Å². The number of aryl methyl sites for hydroxylation is 2. The van der Waals surface area contributed by atoms with Gasteiger partial charge in [0.25, 0.3) is 0 Å². The Morgan fingerprint density at radius 3 is 2.26 bits per heavy atom. The zero-order valence-electron chi connectivity index (χ0n) is 29.0. The molecule has 0 N–H and O–H groups in total. The number of fused-ring (bicyclic) bond motifs is 7. The summed E-state index contributed by atoms with van der Waals surface area (Å²) in [5.74, 6) is 0. The van der Waals surface area contributed by atoms with Crippen LogP contribution in [0.4, 0.5) is 0 Å². The third-order valence-electron chi connectivity index (χ3n) is 7.64. The molecule has 190 valence electrons. The van der Waals surface area contributed by atoms with Crippen LogP contribution in [0, 0.1) is 13.7 Å². The molecule has 5 aromatic carbocycles. The molecule has 0 fully saturated rings. The van der Waals surface area contributed by atoms with Gasteiger partial charge in [-0.3, -0.25) is 4.98 Å². The predicted molar refractivity (Wildman–Crippen MR) is 166 cm³/mol. The van der Waals surface area contributed by atoms with Gasteiger partial charge in [0, 0.05) is 36.1 Å². The Hall–Kier alpha value is -4.43. The SMILES string of the molecule is [2H]c1cc(C(C)(C)C)cc(C([2H])([2H])[2H])c1-c1cc(-c2cccc3c2oc2c3ccc3c4ccccc4ccc32)ncc1C([2H])([2H])[2H]. The summed E-state index contributed by atoms with van der Waals surface area (Å²) in [4.78, 5) is 4.58. The van der Waals surface area contributed by atoms with Gasteiger partial charge in [0.05, 0.1) is 7.06 Å². The Balaban J connectivity index is 1.51. The van der Waals surface area contributed by atoms with Crippen LogP contribution < -0.4 is 0 Å². The van der Waals surface area contributed by atoms with E-state index in [1.54, 1.807) is 18.2 Å². The number of benzene rings is 5. The summed E-state index contributed by atoms with van der Waals surface area (Å²) in [6, 6.07) is 27.0. The van der Waals surface area contributed by atoms with Crippen molar-refractivity contribution >= 4 is 43.5 Å². The average molecular weight is 513 g/mol. The lowest BCUT2D eigenvalue weighted by atomic mass is 9.84. The summed E-state index contributed by atoms with van der Waals surface area (Å²) in [5, 5.41) is 6.14. The molecule has 2 heteroatoms. The van der Waals surface area contributed by atoms with Gasteiger partial charge in [0.1, 0.15) is 11.2 Å². The topological polar surface area (TPSA) is 26.0 Å². The monoisotopic (exact) mass is 512 g/mol. The minimum Gasteiger partial charge on any atom is -0.455 e. The molecule has 0 saturated heterocycles. The van der Waals surface area contributed by atoms with E-state index in [1.165, 1.54) is 6.20 Å². The molecule has 7 rings (SSSR count). The van der Waals surface area contributed by atoms with Gasteiger partial charge < -0.3 is 4.42 Å². The van der Waals surface area contributed by atoms with E-state index in [4.69, 9.17) is 14.0 Å². The highest BCUT2D eigenvalue weighted by molar-refractivity contribution is 6.21. The molecule has 0 aliphatic heterocycles. The van der Waals surface area contributed by atoms with Crippen LogP contribution in [-0.2, 0) is 5.41 Å². The first kappa shape index (κ1) is 17.2. The summed E-state index contributed by atoms with van der Waals surface area (Å²) >= 11 is 0. The molecular formula is C37H31NO. The second-order valence-electron chi connectivity index (χ2n) is 11.2. The number of hydrogen-bond acceptors (Lipinski definition) is 2. The normalized spacial score (nSPS) is 15.5. The van der Waals surface area contributed by atoms with Crippen LogP contribution in [0.1, 0.15) is 47.1 Å². The number of pyridine rings is 1. The standard InChI is InChI=1S/C37H31NO/c1-22-19-25(37(3,4)5)14-16-26(22)33-20-34(38-21-23(33)2)32-12-8-11-29-31-18-17-28-27-10-7-6-9-24(27)13-15-30(28)35(31)39-36(29)32/h6-21H,1-5H3/i1D3,2D3,16D. The average Bonchev–Trinajstić information content (AvgIpc) is 3.38. The molecule has 0 radical (unpaired) electrons. The molecule has 2 aromatic heterocycles. The molecule has 7 aromatic rings. The van der Waals surface area contributed by atoms with E-state index in [9.17, 15) is 0 Å². The molecule has 0 aliphatic carbocycles. The molecule has 39 heavy (non-hydrogen) atoms. The Labute approximate surface area is 238 Å². The van der Waals surface area contributed by atoms with E-state index in [0.717, 1.165) is 37.9 Å². The van der Waals surface area contributed by atoms with Gasteiger partial charge in [0.15, 0.2) is 0 Å². The molecule has 0 bridgehead atoms. The maximum absolute atomic E-state index is 8.99. The summed E-state index contributed by atoms with van der Waals surface area (Å²) in [6.45, 7) is 0.648. The Morgan fingerprint density at radius 2 is 1.41 bits per heavy atom. The third-order valence-corrected chi connectivity index (χ3v) is 7.64. The van der Waals surface area contributed by atoms with Crippen molar-refractivity contribution in [3.63, 3.8) is 0 Å². The predicted octanol–water partition coefficient (Wildman–Crippen LogP) is 10.5. The molecule has 0 unspecified atom stereocenters. The number of para-hydroxylation sites is 1. The number of rotatable bonds is 2. The fraction of sp³-hybridized carbons (Fsp3) is 0.162. The van der Waals surface area contributed by atoms with E-state index in [0.29, 0.717) is 22.4 Å². The van der Waals surface area contributed by atoms with Crippen LogP contribution in [0.2, 0.25) is 0 Å². The molecule has 0 atom stereocenters. The highest BCUT2D eigenvalue weighted by atomic mass is 16.3. The third kappa shape index (κ3) is 3.74. The number of aromatic nitrogens is 1. The van der Waals surface area contributed by atoms with Gasteiger partial charge in [-0.2, -0.15) is 0 Å². The van der Waals surface area contributed by atoms with Crippen LogP contribution in [0.25, 0.3) is 65.9 Å². The second-order valence-corrected chi connectivity index (χ2v) is 11.2. The van der Waals surface area contributed by atoms with Crippen molar-refractivity contribution in [3.8, 4) is 22.4 Å². The maximum atomic E-state index is 8.99.